The van der Waals surface area contributed by atoms with E-state index in [1.54, 1.807) is 7.11 Å². The zero-order valence-corrected chi connectivity index (χ0v) is 8.67. The first-order valence-corrected chi connectivity index (χ1v) is 4.65. The summed E-state index contributed by atoms with van der Waals surface area (Å²) in [4.78, 5) is 11.1. The minimum Gasteiger partial charge on any atom is -0.462 e. The highest BCUT2D eigenvalue weighted by molar-refractivity contribution is 5.70. The zero-order chi connectivity index (χ0) is 10.4. The first-order valence-electron chi connectivity index (χ1n) is 4.65. The largest absolute Gasteiger partial charge is 0.462 e. The molecule has 0 aromatic heterocycles. The molecule has 0 bridgehead atoms. The predicted octanol–water partition coefficient (Wildman–Crippen LogP) is -0.445. The Bertz CT molecular complexity index is 191. The Balaban J connectivity index is 2.03. The normalized spacial score (nSPS) is 18.7. The first-order chi connectivity index (χ1) is 6.66. The second kappa shape index (κ2) is 5.29. The van der Waals surface area contributed by atoms with Gasteiger partial charge in [0.1, 0.15) is 13.2 Å². The quantitative estimate of drug-likeness (QED) is 0.468. The summed E-state index contributed by atoms with van der Waals surface area (Å²) in [5.74, 6) is -0.338. The third kappa shape index (κ3) is 3.61. The van der Waals surface area contributed by atoms with Gasteiger partial charge in [0, 0.05) is 20.2 Å². The van der Waals surface area contributed by atoms with E-state index in [9.17, 15) is 4.79 Å². The maximum atomic E-state index is 11.1. The molecule has 82 valence electrons. The maximum absolute atomic E-state index is 11.1. The average Bonchev–Trinajstić information content (AvgIpc) is 2.12. The molecule has 0 unspecified atom stereocenters. The summed E-state index contributed by atoms with van der Waals surface area (Å²) >= 11 is 0. The maximum Gasteiger partial charge on any atom is 0.332 e. The molecule has 0 aromatic carbocycles. The van der Waals surface area contributed by atoms with E-state index in [1.165, 1.54) is 0 Å². The molecule has 0 amide bonds. The van der Waals surface area contributed by atoms with Crippen LogP contribution in [0.25, 0.3) is 0 Å². The predicted molar refractivity (Wildman–Crippen MR) is 50.1 cm³/mol. The molecule has 1 N–H and O–H groups in total. The summed E-state index contributed by atoms with van der Waals surface area (Å²) in [6.07, 6.45) is 0. The second-order valence-corrected chi connectivity index (χ2v) is 3.56. The van der Waals surface area contributed by atoms with Crippen LogP contribution < -0.4 is 5.32 Å². The Morgan fingerprint density at radius 2 is 2.14 bits per heavy atom. The lowest BCUT2D eigenvalue weighted by Crippen LogP contribution is -2.59. The Labute approximate surface area is 83.7 Å². The molecule has 14 heavy (non-hydrogen) atoms. The van der Waals surface area contributed by atoms with Gasteiger partial charge in [0.05, 0.1) is 12.2 Å². The summed E-state index contributed by atoms with van der Waals surface area (Å²) in [6.45, 7) is 4.27. The smallest absolute Gasteiger partial charge is 0.332 e. The van der Waals surface area contributed by atoms with Crippen LogP contribution >= 0.6 is 0 Å². The molecule has 1 saturated heterocycles. The van der Waals surface area contributed by atoms with E-state index in [-0.39, 0.29) is 24.8 Å². The molecular weight excluding hydrogens is 186 g/mol. The van der Waals surface area contributed by atoms with Gasteiger partial charge in [-0.3, -0.25) is 0 Å². The standard InChI is InChI=1S/C9H17NO4/c1-9(6-10-7-9)14-5-8(11)13-4-3-12-2/h10H,3-7H2,1-2H3. The van der Waals surface area contributed by atoms with Crippen molar-refractivity contribution < 1.29 is 19.0 Å². The number of esters is 1. The number of carbonyl (C=O) groups excluding carboxylic acids is 1. The lowest BCUT2D eigenvalue weighted by molar-refractivity contribution is -0.159. The Morgan fingerprint density at radius 3 is 2.64 bits per heavy atom. The lowest BCUT2D eigenvalue weighted by Gasteiger charge is -2.38. The summed E-state index contributed by atoms with van der Waals surface area (Å²) in [7, 11) is 1.56. The molecular formula is C9H17NO4. The fraction of sp³-hybridized carbons (Fsp3) is 0.889. The van der Waals surface area contributed by atoms with Crippen molar-refractivity contribution in [1.29, 1.82) is 0 Å². The number of hydrogen-bond donors (Lipinski definition) is 1. The van der Waals surface area contributed by atoms with Crippen LogP contribution in [0.15, 0.2) is 0 Å². The van der Waals surface area contributed by atoms with Crippen molar-refractivity contribution in [1.82, 2.24) is 5.32 Å². The molecule has 1 heterocycles. The molecule has 0 aliphatic carbocycles. The molecule has 5 heteroatoms. The monoisotopic (exact) mass is 203 g/mol. The van der Waals surface area contributed by atoms with E-state index in [2.05, 4.69) is 5.32 Å². The van der Waals surface area contributed by atoms with Crippen molar-refractivity contribution in [3.63, 3.8) is 0 Å². The van der Waals surface area contributed by atoms with Gasteiger partial charge in [-0.2, -0.15) is 0 Å². The number of hydrogen-bond acceptors (Lipinski definition) is 5. The highest BCUT2D eigenvalue weighted by atomic mass is 16.6. The van der Waals surface area contributed by atoms with Gasteiger partial charge >= 0.3 is 5.97 Å². The van der Waals surface area contributed by atoms with Gasteiger partial charge in [0.2, 0.25) is 0 Å². The van der Waals surface area contributed by atoms with E-state index in [1.807, 2.05) is 6.92 Å². The molecule has 1 aliphatic rings. The number of nitrogens with one attached hydrogen (secondary N) is 1. The van der Waals surface area contributed by atoms with Crippen LogP contribution in [0.2, 0.25) is 0 Å². The minimum atomic E-state index is -0.338. The second-order valence-electron chi connectivity index (χ2n) is 3.56. The fourth-order valence-electron chi connectivity index (χ4n) is 1.09. The molecule has 0 atom stereocenters. The van der Waals surface area contributed by atoms with E-state index >= 15 is 0 Å². The van der Waals surface area contributed by atoms with E-state index in [0.717, 1.165) is 13.1 Å². The topological polar surface area (TPSA) is 56.8 Å². The van der Waals surface area contributed by atoms with Crippen LogP contribution in [0, 0.1) is 0 Å². The van der Waals surface area contributed by atoms with Gasteiger partial charge < -0.3 is 19.5 Å². The summed E-state index contributed by atoms with van der Waals surface area (Å²) in [5.41, 5.74) is -0.194. The molecule has 0 spiro atoms. The minimum absolute atomic E-state index is 0.0158. The van der Waals surface area contributed by atoms with Gasteiger partial charge in [-0.15, -0.1) is 0 Å². The average molecular weight is 203 g/mol. The van der Waals surface area contributed by atoms with Crippen LogP contribution in [0.1, 0.15) is 6.92 Å². The SMILES string of the molecule is COCCOC(=O)COC1(C)CNC1. The molecule has 0 saturated carbocycles. The molecule has 5 nitrogen and oxygen atoms in total. The number of rotatable bonds is 6. The van der Waals surface area contributed by atoms with Crippen molar-refractivity contribution in [2.24, 2.45) is 0 Å². The Kier molecular flexibility index (Phi) is 4.31. The molecule has 0 aromatic rings. The molecule has 1 fully saturated rings. The van der Waals surface area contributed by atoms with Crippen LogP contribution in [0.3, 0.4) is 0 Å². The first kappa shape index (κ1) is 11.4. The van der Waals surface area contributed by atoms with Gasteiger partial charge in [-0.25, -0.2) is 4.79 Å². The molecule has 1 rings (SSSR count). The van der Waals surface area contributed by atoms with Gasteiger partial charge in [-0.1, -0.05) is 0 Å². The van der Waals surface area contributed by atoms with Crippen molar-refractivity contribution in [2.45, 2.75) is 12.5 Å². The highest BCUT2D eigenvalue weighted by Gasteiger charge is 2.33. The number of carbonyl (C=O) groups is 1. The van der Waals surface area contributed by atoms with Crippen molar-refractivity contribution in [3.05, 3.63) is 0 Å². The van der Waals surface area contributed by atoms with Crippen LogP contribution in [-0.4, -0.2) is 51.6 Å². The third-order valence-electron chi connectivity index (χ3n) is 2.09. The van der Waals surface area contributed by atoms with Gasteiger partial charge in [0.15, 0.2) is 0 Å². The van der Waals surface area contributed by atoms with Crippen molar-refractivity contribution >= 4 is 5.97 Å². The summed E-state index contributed by atoms with van der Waals surface area (Å²) in [6, 6.07) is 0. The third-order valence-corrected chi connectivity index (χ3v) is 2.09. The Hall–Kier alpha value is -0.650. The van der Waals surface area contributed by atoms with E-state index in [0.29, 0.717) is 6.61 Å². The molecule has 1 aliphatic heterocycles. The van der Waals surface area contributed by atoms with E-state index < -0.39 is 0 Å². The van der Waals surface area contributed by atoms with Crippen LogP contribution in [-0.2, 0) is 19.0 Å². The van der Waals surface area contributed by atoms with Crippen molar-refractivity contribution in [2.75, 3.05) is 40.0 Å². The van der Waals surface area contributed by atoms with Crippen molar-refractivity contribution in [3.8, 4) is 0 Å². The van der Waals surface area contributed by atoms with Gasteiger partial charge in [-0.05, 0) is 6.92 Å². The van der Waals surface area contributed by atoms with E-state index in [4.69, 9.17) is 14.2 Å². The summed E-state index contributed by atoms with van der Waals surface area (Å²) in [5, 5.41) is 3.08. The highest BCUT2D eigenvalue weighted by Crippen LogP contribution is 2.14. The van der Waals surface area contributed by atoms with Crippen LogP contribution in [0.5, 0.6) is 0 Å². The summed E-state index contributed by atoms with van der Waals surface area (Å²) < 4.78 is 15.0. The lowest BCUT2D eigenvalue weighted by atomic mass is 10.0. The fourth-order valence-corrected chi connectivity index (χ4v) is 1.09. The number of ether oxygens (including phenoxy) is 3. The van der Waals surface area contributed by atoms with Gasteiger partial charge in [0.25, 0.3) is 0 Å². The zero-order valence-electron chi connectivity index (χ0n) is 8.67. The number of methoxy groups -OCH3 is 1. The van der Waals surface area contributed by atoms with Crippen LogP contribution in [0.4, 0.5) is 0 Å². The molecule has 0 radical (unpaired) electrons. The Morgan fingerprint density at radius 1 is 1.43 bits per heavy atom.